The average Bonchev–Trinajstić information content (AvgIpc) is 2.85. The van der Waals surface area contributed by atoms with Gasteiger partial charge in [-0.3, -0.25) is 9.59 Å². The number of rotatable bonds is 10. The first kappa shape index (κ1) is 24.6. The molecule has 7 nitrogen and oxygen atoms in total. The van der Waals surface area contributed by atoms with E-state index in [9.17, 15) is 14.0 Å². The van der Waals surface area contributed by atoms with Crippen LogP contribution in [0.25, 0.3) is 0 Å². The van der Waals surface area contributed by atoms with Gasteiger partial charge in [0.05, 0.1) is 25.5 Å². The van der Waals surface area contributed by atoms with Crippen LogP contribution in [-0.4, -0.2) is 38.7 Å². The number of carbonyl (C=O) groups excluding carboxylic acids is 2. The molecule has 3 rings (SSSR count). The monoisotopic (exact) mass is 466 g/mol. The van der Waals surface area contributed by atoms with Crippen molar-refractivity contribution in [3.63, 3.8) is 0 Å². The van der Waals surface area contributed by atoms with E-state index in [0.29, 0.717) is 41.5 Å². The number of methoxy groups -OCH3 is 2. The van der Waals surface area contributed by atoms with Crippen molar-refractivity contribution < 1.29 is 28.2 Å². The minimum absolute atomic E-state index is 0.316. The van der Waals surface area contributed by atoms with E-state index in [-0.39, 0.29) is 5.91 Å². The number of benzene rings is 3. The van der Waals surface area contributed by atoms with Crippen LogP contribution in [0.3, 0.4) is 0 Å². The number of hydrogen-bond donors (Lipinski definition) is 2. The predicted molar refractivity (Wildman–Crippen MR) is 127 cm³/mol. The summed E-state index contributed by atoms with van der Waals surface area (Å²) in [6, 6.07) is 17.7. The van der Waals surface area contributed by atoms with Gasteiger partial charge in [0.15, 0.2) is 17.6 Å². The Morgan fingerprint density at radius 3 is 2.35 bits per heavy atom. The summed E-state index contributed by atoms with van der Waals surface area (Å²) >= 11 is 0. The molecule has 3 aromatic rings. The van der Waals surface area contributed by atoms with E-state index in [2.05, 4.69) is 10.6 Å². The number of ether oxygens (including phenoxy) is 3. The maximum Gasteiger partial charge on any atom is 0.265 e. The van der Waals surface area contributed by atoms with Gasteiger partial charge in [-0.05, 0) is 67.4 Å². The van der Waals surface area contributed by atoms with Crippen molar-refractivity contribution >= 4 is 17.5 Å². The van der Waals surface area contributed by atoms with Crippen molar-refractivity contribution in [2.75, 3.05) is 26.1 Å². The second-order valence-corrected chi connectivity index (χ2v) is 7.44. The first-order valence-electron chi connectivity index (χ1n) is 10.7. The molecule has 0 saturated heterocycles. The Bertz CT molecular complexity index is 1130. The van der Waals surface area contributed by atoms with E-state index in [1.165, 1.54) is 24.3 Å². The van der Waals surface area contributed by atoms with Crippen LogP contribution in [0, 0.1) is 5.82 Å². The highest BCUT2D eigenvalue weighted by Crippen LogP contribution is 2.27. The van der Waals surface area contributed by atoms with Crippen molar-refractivity contribution in [2.24, 2.45) is 0 Å². The summed E-state index contributed by atoms with van der Waals surface area (Å²) in [7, 11) is 3.14. The number of nitrogens with one attached hydrogen (secondary N) is 2. The lowest BCUT2D eigenvalue weighted by molar-refractivity contribution is -0.122. The van der Waals surface area contributed by atoms with Gasteiger partial charge in [-0.15, -0.1) is 0 Å². The summed E-state index contributed by atoms with van der Waals surface area (Å²) < 4.78 is 29.2. The number of anilines is 1. The fraction of sp³-hybridized carbons (Fsp3) is 0.231. The predicted octanol–water partition coefficient (Wildman–Crippen LogP) is 4.22. The van der Waals surface area contributed by atoms with Crippen LogP contribution in [0.1, 0.15) is 22.8 Å². The van der Waals surface area contributed by atoms with Gasteiger partial charge in [0.2, 0.25) is 0 Å². The Hall–Kier alpha value is -4.07. The minimum Gasteiger partial charge on any atom is -0.493 e. The van der Waals surface area contributed by atoms with Gasteiger partial charge in [0.25, 0.3) is 11.8 Å². The second kappa shape index (κ2) is 11.7. The quantitative estimate of drug-likeness (QED) is 0.467. The van der Waals surface area contributed by atoms with Crippen molar-refractivity contribution in [1.29, 1.82) is 0 Å². The molecule has 8 heteroatoms. The molecule has 0 fully saturated rings. The molecule has 178 valence electrons. The van der Waals surface area contributed by atoms with E-state index in [4.69, 9.17) is 14.2 Å². The van der Waals surface area contributed by atoms with Crippen LogP contribution in [0.2, 0.25) is 0 Å². The molecule has 34 heavy (non-hydrogen) atoms. The second-order valence-electron chi connectivity index (χ2n) is 7.44. The van der Waals surface area contributed by atoms with Gasteiger partial charge in [-0.1, -0.05) is 18.2 Å². The molecule has 1 atom stereocenters. The fourth-order valence-corrected chi connectivity index (χ4v) is 3.25. The summed E-state index contributed by atoms with van der Waals surface area (Å²) in [6.45, 7) is 1.96. The first-order chi connectivity index (χ1) is 16.4. The topological polar surface area (TPSA) is 85.9 Å². The number of para-hydroxylation sites is 1. The maximum atomic E-state index is 13.1. The number of carbonyl (C=O) groups is 2. The molecule has 2 amide bonds. The lowest BCUT2D eigenvalue weighted by Gasteiger charge is -2.16. The molecule has 0 saturated carbocycles. The Labute approximate surface area is 197 Å². The highest BCUT2D eigenvalue weighted by molar-refractivity contribution is 6.04. The first-order valence-corrected chi connectivity index (χ1v) is 10.7. The molecule has 0 unspecified atom stereocenters. The largest absolute Gasteiger partial charge is 0.493 e. The van der Waals surface area contributed by atoms with Crippen molar-refractivity contribution in [3.8, 4) is 17.2 Å². The molecule has 0 aromatic heterocycles. The lowest BCUT2D eigenvalue weighted by atomic mass is 10.1. The van der Waals surface area contributed by atoms with Gasteiger partial charge < -0.3 is 24.8 Å². The number of halogens is 1. The summed E-state index contributed by atoms with van der Waals surface area (Å²) in [5.41, 5.74) is 1.68. The highest BCUT2D eigenvalue weighted by atomic mass is 19.1. The normalized spacial score (nSPS) is 11.3. The smallest absolute Gasteiger partial charge is 0.265 e. The van der Waals surface area contributed by atoms with Crippen LogP contribution in [0.5, 0.6) is 17.2 Å². The third-order valence-corrected chi connectivity index (χ3v) is 5.07. The zero-order valence-electron chi connectivity index (χ0n) is 19.3. The Balaban J connectivity index is 1.59. The Morgan fingerprint density at radius 1 is 0.941 bits per heavy atom. The van der Waals surface area contributed by atoms with E-state index in [0.717, 1.165) is 5.56 Å². The fourth-order valence-electron chi connectivity index (χ4n) is 3.25. The van der Waals surface area contributed by atoms with Crippen LogP contribution < -0.4 is 24.8 Å². The minimum atomic E-state index is -0.855. The molecule has 3 aromatic carbocycles. The summed E-state index contributed by atoms with van der Waals surface area (Å²) in [5.74, 6) is 0.480. The molecule has 0 radical (unpaired) electrons. The van der Waals surface area contributed by atoms with Gasteiger partial charge in [-0.2, -0.15) is 0 Å². The molecule has 2 N–H and O–H groups in total. The Morgan fingerprint density at radius 2 is 1.65 bits per heavy atom. The number of hydrogen-bond acceptors (Lipinski definition) is 5. The van der Waals surface area contributed by atoms with Gasteiger partial charge in [-0.25, -0.2) is 4.39 Å². The van der Waals surface area contributed by atoms with Crippen molar-refractivity contribution in [1.82, 2.24) is 5.32 Å². The summed E-state index contributed by atoms with van der Waals surface area (Å²) in [6.07, 6.45) is -0.268. The molecular weight excluding hydrogens is 439 g/mol. The van der Waals surface area contributed by atoms with E-state index in [1.807, 2.05) is 18.2 Å². The molecule has 0 heterocycles. The summed E-state index contributed by atoms with van der Waals surface area (Å²) in [5, 5.41) is 5.60. The third-order valence-electron chi connectivity index (χ3n) is 5.07. The lowest BCUT2D eigenvalue weighted by Crippen LogP contribution is -2.32. The van der Waals surface area contributed by atoms with E-state index < -0.39 is 17.8 Å². The summed E-state index contributed by atoms with van der Waals surface area (Å²) in [4.78, 5) is 25.4. The van der Waals surface area contributed by atoms with Crippen LogP contribution in [-0.2, 0) is 11.2 Å². The van der Waals surface area contributed by atoms with Gasteiger partial charge >= 0.3 is 0 Å². The SMILES string of the molecule is COc1ccc(CCNC(=O)c2ccccc2NC(=O)[C@@H](C)Oc2ccc(F)cc2)cc1OC. The van der Waals surface area contributed by atoms with Crippen LogP contribution in [0.4, 0.5) is 10.1 Å². The molecular formula is C26H27FN2O5. The van der Waals surface area contributed by atoms with E-state index in [1.54, 1.807) is 45.4 Å². The number of amides is 2. The highest BCUT2D eigenvalue weighted by Gasteiger charge is 2.18. The van der Waals surface area contributed by atoms with Gasteiger partial charge in [0, 0.05) is 6.54 Å². The van der Waals surface area contributed by atoms with Crippen LogP contribution in [0.15, 0.2) is 66.7 Å². The maximum absolute atomic E-state index is 13.1. The molecule has 0 spiro atoms. The zero-order valence-corrected chi connectivity index (χ0v) is 19.3. The Kier molecular flexibility index (Phi) is 8.45. The standard InChI is InChI=1S/C26H27FN2O5/c1-17(34-20-11-9-19(27)10-12-20)25(30)29-22-7-5-4-6-21(22)26(31)28-15-14-18-8-13-23(32-2)24(16-18)33-3/h4-13,16-17H,14-15H2,1-3H3,(H,28,31)(H,29,30)/t17-/m1/s1. The van der Waals surface area contributed by atoms with Gasteiger partial charge in [0.1, 0.15) is 11.6 Å². The molecule has 0 aliphatic rings. The van der Waals surface area contributed by atoms with Crippen molar-refractivity contribution in [3.05, 3.63) is 83.7 Å². The third kappa shape index (κ3) is 6.48. The zero-order chi connectivity index (χ0) is 24.5. The molecule has 0 aliphatic heterocycles. The average molecular weight is 467 g/mol. The molecule has 0 aliphatic carbocycles. The van der Waals surface area contributed by atoms with Crippen LogP contribution >= 0.6 is 0 Å². The molecule has 0 bridgehead atoms. The van der Waals surface area contributed by atoms with E-state index >= 15 is 0 Å². The van der Waals surface area contributed by atoms with Crippen molar-refractivity contribution in [2.45, 2.75) is 19.4 Å².